The van der Waals surface area contributed by atoms with Crippen molar-refractivity contribution >= 4 is 23.0 Å². The summed E-state index contributed by atoms with van der Waals surface area (Å²) in [6.45, 7) is 6.47. The monoisotopic (exact) mass is 819 g/mol. The summed E-state index contributed by atoms with van der Waals surface area (Å²) in [5.74, 6) is 2.93. The maximum Gasteiger partial charge on any atom is 0.460 e. The second-order valence-electron chi connectivity index (χ2n) is 13.4. The van der Waals surface area contributed by atoms with Gasteiger partial charge in [0, 0.05) is 0 Å². The first-order valence-electron chi connectivity index (χ1n) is 19.4. The molecule has 0 amide bonds. The minimum atomic E-state index is -3.94. The Morgan fingerprint density at radius 1 is 0.298 bits per heavy atom. The van der Waals surface area contributed by atoms with Gasteiger partial charge >= 0.3 is 23.0 Å². The Hall–Kier alpha value is -5.19. The lowest BCUT2D eigenvalue weighted by Gasteiger charge is -2.33. The molecule has 1 aliphatic heterocycles. The highest BCUT2D eigenvalue weighted by Gasteiger charge is 2.49. The van der Waals surface area contributed by atoms with E-state index in [1.165, 1.54) is 16.7 Å². The molecule has 0 saturated carbocycles. The van der Waals surface area contributed by atoms with Crippen LogP contribution >= 0.6 is 23.0 Å². The topological polar surface area (TPSA) is 92.5 Å². The van der Waals surface area contributed by atoms with Crippen molar-refractivity contribution in [1.82, 2.24) is 0 Å². The van der Waals surface area contributed by atoms with Crippen LogP contribution in [0, 0.1) is 0 Å². The zero-order chi connectivity index (χ0) is 39.4. The van der Waals surface area contributed by atoms with Crippen LogP contribution in [0.1, 0.15) is 56.7 Å². The number of hydrogen-bond donors (Lipinski definition) is 0. The van der Waals surface area contributed by atoms with Crippen LogP contribution in [0.15, 0.2) is 177 Å². The van der Waals surface area contributed by atoms with Crippen LogP contribution in [-0.2, 0) is 19.3 Å². The third-order valence-electron chi connectivity index (χ3n) is 8.64. The van der Waals surface area contributed by atoms with E-state index in [9.17, 15) is 0 Å². The Morgan fingerprint density at radius 2 is 0.509 bits per heavy atom. The average Bonchev–Trinajstić information content (AvgIpc) is 3.21. The molecule has 6 aromatic carbocycles. The molecule has 294 valence electrons. The molecule has 0 spiro atoms. The number of hydrogen-bond acceptors (Lipinski definition) is 9. The van der Waals surface area contributed by atoms with Crippen molar-refractivity contribution in [1.29, 1.82) is 0 Å². The number of rotatable bonds is 18. The second-order valence-corrected chi connectivity index (χ2v) is 19.6. The molecule has 0 N–H and O–H groups in total. The molecule has 0 aliphatic carbocycles. The summed E-state index contributed by atoms with van der Waals surface area (Å²) in [5, 5.41) is 0. The van der Waals surface area contributed by atoms with Crippen molar-refractivity contribution in [3.05, 3.63) is 180 Å². The van der Waals surface area contributed by atoms with E-state index in [1.54, 1.807) is 0 Å². The molecule has 9 nitrogen and oxygen atoms in total. The van der Waals surface area contributed by atoms with Gasteiger partial charge < -0.3 is 27.1 Å². The molecule has 0 aromatic heterocycles. The molecule has 6 aromatic rings. The summed E-state index contributed by atoms with van der Waals surface area (Å²) in [4.78, 5) is 0. The van der Waals surface area contributed by atoms with Crippen molar-refractivity contribution in [3.63, 3.8) is 0 Å². The predicted molar refractivity (Wildman–Crippen MR) is 232 cm³/mol. The molecule has 0 saturated heterocycles. The fourth-order valence-corrected chi connectivity index (χ4v) is 15.1. The smallest absolute Gasteiger partial charge is 0.413 e. The maximum atomic E-state index is 6.97. The van der Waals surface area contributed by atoms with E-state index in [1.807, 2.05) is 164 Å². The standard InChI is InChI=1S/C45H48N3O6P3/c1-4-16-37-25-31-43(32-26-37)52-55(49-40-19-10-7-11-20-40)46-56(50-41-21-12-8-13-22-41,53-44-33-27-38(17-5-2)28-34-44)48-57(47-55,51-42-23-14-9-15-24-42)54-45-35-29-39(18-6-3)30-36-45/h7-15,19-36H,4-6,16-18H2,1-3H3. The number of para-hydroxylation sites is 3. The Morgan fingerprint density at radius 3 is 0.719 bits per heavy atom. The Bertz CT molecular complexity index is 2080. The van der Waals surface area contributed by atoms with Gasteiger partial charge in [-0.1, -0.05) is 145 Å². The number of aryl methyl sites for hydroxylation is 3. The van der Waals surface area contributed by atoms with E-state index in [4.69, 9.17) is 40.7 Å². The van der Waals surface area contributed by atoms with Crippen LogP contribution in [0.2, 0.25) is 0 Å². The summed E-state index contributed by atoms with van der Waals surface area (Å²) >= 11 is 0. The van der Waals surface area contributed by atoms with Crippen molar-refractivity contribution in [2.24, 2.45) is 13.5 Å². The van der Waals surface area contributed by atoms with Gasteiger partial charge in [-0.3, -0.25) is 0 Å². The molecular weight excluding hydrogens is 771 g/mol. The lowest BCUT2D eigenvalue weighted by molar-refractivity contribution is 0.443. The van der Waals surface area contributed by atoms with Crippen molar-refractivity contribution in [2.75, 3.05) is 0 Å². The van der Waals surface area contributed by atoms with Crippen LogP contribution in [-0.4, -0.2) is 0 Å². The van der Waals surface area contributed by atoms with Crippen molar-refractivity contribution in [3.8, 4) is 34.5 Å². The van der Waals surface area contributed by atoms with Gasteiger partial charge in [-0.2, -0.15) is 0 Å². The van der Waals surface area contributed by atoms with Gasteiger partial charge in [0.05, 0.1) is 0 Å². The summed E-state index contributed by atoms with van der Waals surface area (Å²) in [6.07, 6.45) is 5.85. The van der Waals surface area contributed by atoms with Gasteiger partial charge in [-0.25, -0.2) is 0 Å². The molecule has 1 heterocycles. The summed E-state index contributed by atoms with van der Waals surface area (Å²) in [5.41, 5.74) is 3.55. The van der Waals surface area contributed by atoms with E-state index in [-0.39, 0.29) is 0 Å². The van der Waals surface area contributed by atoms with Crippen molar-refractivity contribution in [2.45, 2.75) is 59.3 Å². The highest BCUT2D eigenvalue weighted by molar-refractivity contribution is 7.79. The fraction of sp³-hybridized carbons (Fsp3) is 0.200. The minimum absolute atomic E-state index is 0.478. The molecule has 0 fully saturated rings. The van der Waals surface area contributed by atoms with Gasteiger partial charge in [0.25, 0.3) is 0 Å². The van der Waals surface area contributed by atoms with E-state index >= 15 is 0 Å². The van der Waals surface area contributed by atoms with Gasteiger partial charge in [-0.15, -0.1) is 0 Å². The van der Waals surface area contributed by atoms with E-state index in [0.717, 1.165) is 38.5 Å². The first-order valence-corrected chi connectivity index (χ1v) is 24.0. The SMILES string of the molecule is CCCc1ccc(OP2(Oc3ccccc3)=NP(Oc3ccccc3)(Oc3ccc(CCC)cc3)=NP(Oc3ccccc3)(Oc3ccc(CCC)cc3)=N2)cc1. The number of benzene rings is 6. The third-order valence-corrected chi connectivity index (χ3v) is 16.8. The summed E-state index contributed by atoms with van der Waals surface area (Å²) in [7, 11) is -11.8. The number of nitrogens with zero attached hydrogens (tertiary/aromatic N) is 3. The van der Waals surface area contributed by atoms with Crippen LogP contribution in [0.4, 0.5) is 0 Å². The van der Waals surface area contributed by atoms with E-state index in [2.05, 4.69) is 20.8 Å². The van der Waals surface area contributed by atoms with Gasteiger partial charge in [0.1, 0.15) is 34.5 Å². The highest BCUT2D eigenvalue weighted by atomic mass is 31.3. The fourth-order valence-electron chi connectivity index (χ4n) is 6.04. The second kappa shape index (κ2) is 18.8. The van der Waals surface area contributed by atoms with Gasteiger partial charge in [-0.05, 0) is 109 Å². The molecule has 0 atom stereocenters. The lowest BCUT2D eigenvalue weighted by Crippen LogP contribution is -2.11. The normalized spacial score (nSPS) is 19.8. The molecule has 12 heteroatoms. The Balaban J connectivity index is 1.52. The molecule has 57 heavy (non-hydrogen) atoms. The van der Waals surface area contributed by atoms with E-state index < -0.39 is 23.0 Å². The summed E-state index contributed by atoms with van der Waals surface area (Å²) in [6, 6.07) is 51.8. The first-order chi connectivity index (χ1) is 27.9. The molecule has 1 aliphatic rings. The van der Waals surface area contributed by atoms with Crippen LogP contribution in [0.25, 0.3) is 0 Å². The molecule has 0 radical (unpaired) electrons. The average molecular weight is 820 g/mol. The quantitative estimate of drug-likeness (QED) is 0.0802. The lowest BCUT2D eigenvalue weighted by atomic mass is 10.1. The maximum absolute atomic E-state index is 6.97. The summed E-state index contributed by atoms with van der Waals surface area (Å²) < 4.78 is 57.7. The molecule has 7 rings (SSSR count). The third kappa shape index (κ3) is 10.8. The van der Waals surface area contributed by atoms with Crippen LogP contribution < -0.4 is 27.1 Å². The largest absolute Gasteiger partial charge is 0.460 e. The molecule has 0 unspecified atom stereocenters. The zero-order valence-electron chi connectivity index (χ0n) is 32.5. The Kier molecular flexibility index (Phi) is 13.2. The predicted octanol–water partition coefficient (Wildman–Crippen LogP) is 15.2. The molecular formula is C45H48N3O6P3. The van der Waals surface area contributed by atoms with Crippen LogP contribution in [0.5, 0.6) is 34.5 Å². The molecule has 0 bridgehead atoms. The first kappa shape index (κ1) is 40.0. The highest BCUT2D eigenvalue weighted by Crippen LogP contribution is 2.78. The van der Waals surface area contributed by atoms with E-state index in [0.29, 0.717) is 34.5 Å². The van der Waals surface area contributed by atoms with Crippen LogP contribution in [0.3, 0.4) is 0 Å². The van der Waals surface area contributed by atoms with Crippen molar-refractivity contribution < 1.29 is 27.1 Å². The van der Waals surface area contributed by atoms with Gasteiger partial charge in [0.15, 0.2) is 0 Å². The van der Waals surface area contributed by atoms with Gasteiger partial charge in [0.2, 0.25) is 0 Å². The minimum Gasteiger partial charge on any atom is -0.413 e. The zero-order valence-corrected chi connectivity index (χ0v) is 35.1. The Labute approximate surface area is 336 Å².